The molecule has 0 spiro atoms. The van der Waals surface area contributed by atoms with Crippen molar-refractivity contribution in [2.24, 2.45) is 0 Å². The monoisotopic (exact) mass is 340 g/mol. The van der Waals surface area contributed by atoms with E-state index in [0.717, 1.165) is 12.8 Å². The summed E-state index contributed by atoms with van der Waals surface area (Å²) in [6.07, 6.45) is 11.9. The van der Waals surface area contributed by atoms with Gasteiger partial charge in [0.05, 0.1) is 5.54 Å². The number of hydrogen-bond donors (Lipinski definition) is 1. The quantitative estimate of drug-likeness (QED) is 0.854. The molecule has 1 N–H and O–H groups in total. The Balaban J connectivity index is 1.70. The maximum Gasteiger partial charge on any atom is 0.220 e. The first-order valence-electron chi connectivity index (χ1n) is 10.3. The van der Waals surface area contributed by atoms with Crippen LogP contribution in [0.25, 0.3) is 0 Å². The molecule has 2 heterocycles. The van der Waals surface area contributed by atoms with Crippen molar-refractivity contribution in [3.63, 3.8) is 0 Å². The van der Waals surface area contributed by atoms with Gasteiger partial charge in [0.2, 0.25) is 5.91 Å². The van der Waals surface area contributed by atoms with Crippen LogP contribution in [0.5, 0.6) is 0 Å². The number of hydrogen-bond acceptors (Lipinski definition) is 2. The third-order valence-corrected chi connectivity index (χ3v) is 6.81. The number of amides is 1. The molecular weight excluding hydrogens is 308 g/mol. The number of nitrogens with one attached hydrogen (secondary N) is 1. The number of rotatable bonds is 2. The molecule has 1 aromatic rings. The van der Waals surface area contributed by atoms with E-state index in [4.69, 9.17) is 0 Å². The van der Waals surface area contributed by atoms with Crippen LogP contribution in [0.1, 0.15) is 82.7 Å². The number of nitrogens with zero attached hydrogens (tertiary/aromatic N) is 1. The minimum absolute atomic E-state index is 0.0878. The zero-order valence-corrected chi connectivity index (χ0v) is 15.5. The second-order valence-electron chi connectivity index (χ2n) is 8.60. The molecule has 1 aromatic carbocycles. The smallest absolute Gasteiger partial charge is 0.220 e. The third kappa shape index (κ3) is 3.36. The standard InChI is InChI=1S/C22H32N2O/c1-22-16-19(17-10-4-2-5-11-17)24(18-12-6-3-7-13-18)20(22)14-8-9-15-21(25)23-22/h2,4-5,10-11,18-20H,3,6-9,12-16H2,1H3,(H,23,25)/t19-,20-,22-/m0/s1. The molecule has 1 amide bonds. The van der Waals surface area contributed by atoms with Crippen molar-refractivity contribution in [1.29, 1.82) is 0 Å². The van der Waals surface area contributed by atoms with Gasteiger partial charge in [-0.2, -0.15) is 0 Å². The second kappa shape index (κ2) is 7.11. The van der Waals surface area contributed by atoms with Gasteiger partial charge in [0.1, 0.15) is 0 Å². The number of carbonyl (C=O) groups excluding carboxylic acids is 1. The highest BCUT2D eigenvalue weighted by Crippen LogP contribution is 2.48. The second-order valence-corrected chi connectivity index (χ2v) is 8.60. The Morgan fingerprint density at radius 1 is 1.00 bits per heavy atom. The normalized spacial score (nSPS) is 34.8. The van der Waals surface area contributed by atoms with E-state index in [1.807, 2.05) is 0 Å². The summed E-state index contributed by atoms with van der Waals surface area (Å²) >= 11 is 0. The molecule has 0 aromatic heterocycles. The van der Waals surface area contributed by atoms with Gasteiger partial charge in [0.25, 0.3) is 0 Å². The van der Waals surface area contributed by atoms with Gasteiger partial charge in [-0.05, 0) is 44.6 Å². The van der Waals surface area contributed by atoms with Gasteiger partial charge in [-0.3, -0.25) is 9.69 Å². The Kier molecular flexibility index (Phi) is 4.86. The van der Waals surface area contributed by atoms with Crippen molar-refractivity contribution in [3.05, 3.63) is 35.9 Å². The zero-order valence-electron chi connectivity index (χ0n) is 15.5. The lowest BCUT2D eigenvalue weighted by molar-refractivity contribution is -0.123. The van der Waals surface area contributed by atoms with Crippen LogP contribution in [0.15, 0.2) is 30.3 Å². The summed E-state index contributed by atoms with van der Waals surface area (Å²) in [6.45, 7) is 2.31. The van der Waals surface area contributed by atoms with E-state index >= 15 is 0 Å². The summed E-state index contributed by atoms with van der Waals surface area (Å²) in [7, 11) is 0. The van der Waals surface area contributed by atoms with Crippen LogP contribution < -0.4 is 5.32 Å². The molecule has 1 saturated carbocycles. The Hall–Kier alpha value is -1.35. The van der Waals surface area contributed by atoms with E-state index in [1.165, 1.54) is 50.5 Å². The molecule has 0 radical (unpaired) electrons. The van der Waals surface area contributed by atoms with Crippen LogP contribution in [0.4, 0.5) is 0 Å². The summed E-state index contributed by atoms with van der Waals surface area (Å²) in [6, 6.07) is 12.6. The van der Waals surface area contributed by atoms with Gasteiger partial charge in [-0.1, -0.05) is 56.0 Å². The molecule has 2 saturated heterocycles. The molecule has 3 fully saturated rings. The fraction of sp³-hybridized carbons (Fsp3) is 0.682. The first-order chi connectivity index (χ1) is 12.2. The minimum atomic E-state index is -0.0878. The molecule has 25 heavy (non-hydrogen) atoms. The summed E-state index contributed by atoms with van der Waals surface area (Å²) in [5.41, 5.74) is 1.34. The van der Waals surface area contributed by atoms with Crippen LogP contribution >= 0.6 is 0 Å². The molecule has 3 aliphatic rings. The van der Waals surface area contributed by atoms with E-state index in [0.29, 0.717) is 24.5 Å². The maximum absolute atomic E-state index is 12.4. The van der Waals surface area contributed by atoms with Gasteiger partial charge in [-0.25, -0.2) is 0 Å². The van der Waals surface area contributed by atoms with Crippen molar-refractivity contribution in [1.82, 2.24) is 10.2 Å². The Bertz CT molecular complexity index is 595. The Morgan fingerprint density at radius 3 is 2.48 bits per heavy atom. The van der Waals surface area contributed by atoms with Crippen LogP contribution in [0.3, 0.4) is 0 Å². The highest BCUT2D eigenvalue weighted by atomic mass is 16.1. The minimum Gasteiger partial charge on any atom is -0.349 e. The molecule has 2 aliphatic heterocycles. The van der Waals surface area contributed by atoms with Crippen LogP contribution in [0, 0.1) is 0 Å². The molecule has 3 nitrogen and oxygen atoms in total. The third-order valence-electron chi connectivity index (χ3n) is 6.81. The number of carbonyl (C=O) groups is 1. The van der Waals surface area contributed by atoms with Crippen LogP contribution in [-0.2, 0) is 4.79 Å². The topological polar surface area (TPSA) is 32.3 Å². The Morgan fingerprint density at radius 2 is 1.72 bits per heavy atom. The summed E-state index contributed by atoms with van der Waals surface area (Å²) < 4.78 is 0. The van der Waals surface area contributed by atoms with E-state index in [1.54, 1.807) is 0 Å². The molecule has 4 rings (SSSR count). The first kappa shape index (κ1) is 17.1. The molecular formula is C22H32N2O. The van der Waals surface area contributed by atoms with Crippen molar-refractivity contribution in [2.45, 2.75) is 94.8 Å². The highest BCUT2D eigenvalue weighted by molar-refractivity contribution is 5.77. The summed E-state index contributed by atoms with van der Waals surface area (Å²) in [5, 5.41) is 3.45. The molecule has 0 bridgehead atoms. The lowest BCUT2D eigenvalue weighted by Crippen LogP contribution is -2.57. The number of fused-ring (bicyclic) bond motifs is 1. The fourth-order valence-corrected chi connectivity index (χ4v) is 5.65. The van der Waals surface area contributed by atoms with Gasteiger partial charge in [0, 0.05) is 24.5 Å². The van der Waals surface area contributed by atoms with Gasteiger partial charge in [-0.15, -0.1) is 0 Å². The van der Waals surface area contributed by atoms with Gasteiger partial charge in [0.15, 0.2) is 0 Å². The largest absolute Gasteiger partial charge is 0.349 e. The molecule has 3 atom stereocenters. The Labute approximate surface area is 152 Å². The lowest BCUT2D eigenvalue weighted by Gasteiger charge is -2.43. The average Bonchev–Trinajstić information content (AvgIpc) is 2.90. The predicted molar refractivity (Wildman–Crippen MR) is 101 cm³/mol. The molecule has 0 unspecified atom stereocenters. The van der Waals surface area contributed by atoms with Crippen molar-refractivity contribution in [2.75, 3.05) is 0 Å². The highest BCUT2D eigenvalue weighted by Gasteiger charge is 2.52. The van der Waals surface area contributed by atoms with E-state index < -0.39 is 0 Å². The summed E-state index contributed by atoms with van der Waals surface area (Å²) in [4.78, 5) is 15.2. The van der Waals surface area contributed by atoms with Crippen molar-refractivity contribution >= 4 is 5.91 Å². The molecule has 1 aliphatic carbocycles. The van der Waals surface area contributed by atoms with E-state index in [2.05, 4.69) is 47.5 Å². The first-order valence-corrected chi connectivity index (χ1v) is 10.3. The van der Waals surface area contributed by atoms with Crippen molar-refractivity contribution < 1.29 is 4.79 Å². The van der Waals surface area contributed by atoms with E-state index in [-0.39, 0.29) is 11.4 Å². The summed E-state index contributed by atoms with van der Waals surface area (Å²) in [5.74, 6) is 0.254. The maximum atomic E-state index is 12.4. The predicted octanol–water partition coefficient (Wildman–Crippen LogP) is 4.58. The molecule has 3 heteroatoms. The number of benzene rings is 1. The van der Waals surface area contributed by atoms with Crippen LogP contribution in [-0.4, -0.2) is 28.4 Å². The SMILES string of the molecule is C[C@]12C[C@@H](c3ccccc3)N(C3CCCCC3)[C@H]1CCCCC(=O)N2. The lowest BCUT2D eigenvalue weighted by atomic mass is 9.85. The van der Waals surface area contributed by atoms with E-state index in [9.17, 15) is 4.79 Å². The number of likely N-dealkylation sites (tertiary alicyclic amines) is 1. The van der Waals surface area contributed by atoms with Crippen LogP contribution in [0.2, 0.25) is 0 Å². The van der Waals surface area contributed by atoms with Gasteiger partial charge < -0.3 is 5.32 Å². The van der Waals surface area contributed by atoms with Gasteiger partial charge >= 0.3 is 0 Å². The zero-order chi connectivity index (χ0) is 17.3. The van der Waals surface area contributed by atoms with Crippen molar-refractivity contribution in [3.8, 4) is 0 Å². The fourth-order valence-electron chi connectivity index (χ4n) is 5.65. The average molecular weight is 341 g/mol. The molecule has 136 valence electrons.